The van der Waals surface area contributed by atoms with Gasteiger partial charge in [-0.1, -0.05) is 54.7 Å². The Bertz CT molecular complexity index is 1720. The van der Waals surface area contributed by atoms with Crippen LogP contribution < -0.4 is 10.5 Å². The number of carbonyl (C=O) groups is 1. The molecule has 13 heteroatoms. The predicted molar refractivity (Wildman–Crippen MR) is 144 cm³/mol. The van der Waals surface area contributed by atoms with E-state index in [1.165, 1.54) is 36.5 Å². The van der Waals surface area contributed by atoms with Crippen LogP contribution in [0, 0.1) is 17.0 Å². The average molecular weight is 600 g/mol. The van der Waals surface area contributed by atoms with E-state index in [9.17, 15) is 17.6 Å². The molecule has 4 aromatic rings. The third-order valence-electron chi connectivity index (χ3n) is 5.78. The molecule has 4 rings (SSSR count). The Morgan fingerprint density at radius 2 is 1.71 bits per heavy atom. The number of hydrogen-bond donors (Lipinski definition) is 2. The van der Waals surface area contributed by atoms with Crippen molar-refractivity contribution in [3.63, 3.8) is 0 Å². The number of benzene rings is 3. The molecule has 0 fully saturated rings. The summed E-state index contributed by atoms with van der Waals surface area (Å²) in [4.78, 5) is 19.5. The first-order chi connectivity index (χ1) is 17.7. The maximum atomic E-state index is 15.6. The van der Waals surface area contributed by atoms with Crippen molar-refractivity contribution in [3.05, 3.63) is 81.2 Å². The summed E-state index contributed by atoms with van der Waals surface area (Å²) in [5.74, 6) is -2.43. The van der Waals surface area contributed by atoms with Gasteiger partial charge in [-0.3, -0.25) is 9.52 Å². The average Bonchev–Trinajstić information content (AvgIpc) is 2.82. The zero-order valence-corrected chi connectivity index (χ0v) is 22.9. The van der Waals surface area contributed by atoms with Crippen molar-refractivity contribution in [2.75, 3.05) is 4.72 Å². The van der Waals surface area contributed by atoms with Crippen LogP contribution in [-0.4, -0.2) is 24.3 Å². The first-order valence-corrected chi connectivity index (χ1v) is 13.5. The van der Waals surface area contributed by atoms with Gasteiger partial charge in [0.1, 0.15) is 16.5 Å². The van der Waals surface area contributed by atoms with E-state index >= 15 is 4.39 Å². The molecule has 1 aromatic heterocycles. The highest BCUT2D eigenvalue weighted by Crippen LogP contribution is 2.36. The minimum Gasteiger partial charge on any atom is -0.369 e. The zero-order chi connectivity index (χ0) is 28.0. The molecule has 7 nitrogen and oxygen atoms in total. The van der Waals surface area contributed by atoms with Crippen LogP contribution in [0.25, 0.3) is 22.0 Å². The van der Waals surface area contributed by atoms with Gasteiger partial charge in [-0.2, -0.15) is 0 Å². The molecule has 38 heavy (non-hydrogen) atoms. The number of sulfonamides is 1. The number of nitrogens with two attached hydrogens (primary N) is 1. The fourth-order valence-corrected chi connectivity index (χ4v) is 5.40. The molecule has 3 N–H and O–H groups in total. The number of fused-ring (bicyclic) bond motifs is 1. The molecule has 0 spiro atoms. The highest BCUT2D eigenvalue weighted by atomic mass is 35.5. The zero-order valence-electron chi connectivity index (χ0n) is 19.8. The van der Waals surface area contributed by atoms with Gasteiger partial charge < -0.3 is 5.73 Å². The SMILES string of the molecule is CC(C)(Cc1ncc2cc(-c3c(F)ccc(S(=O)(=O)Nc4cc(Cl)c(Cl)cc4Cl)c3F)ccc2n1)C(N)=O. The Kier molecular flexibility index (Phi) is 7.55. The maximum absolute atomic E-state index is 15.6. The van der Waals surface area contributed by atoms with Gasteiger partial charge in [-0.25, -0.2) is 27.2 Å². The van der Waals surface area contributed by atoms with Crippen molar-refractivity contribution in [1.82, 2.24) is 9.97 Å². The number of carbonyl (C=O) groups excluding carboxylic acids is 1. The first-order valence-electron chi connectivity index (χ1n) is 10.9. The van der Waals surface area contributed by atoms with Gasteiger partial charge in [-0.05, 0) is 42.0 Å². The van der Waals surface area contributed by atoms with Crippen molar-refractivity contribution in [2.24, 2.45) is 11.1 Å². The standard InChI is InChI=1S/C25H19Cl3F2N4O3S/c1-25(2,24(31)35)10-21-32-11-13-7-12(3-5-18(13)33-21)22-17(29)4-6-20(23(22)30)38(36,37)34-19-9-15(27)14(26)8-16(19)28/h3-9,11,34H,10H2,1-2H3,(H2,31,35). The fourth-order valence-electron chi connectivity index (χ4n) is 3.60. The van der Waals surface area contributed by atoms with E-state index in [4.69, 9.17) is 40.5 Å². The van der Waals surface area contributed by atoms with Crippen LogP contribution in [0.5, 0.6) is 0 Å². The molecule has 0 saturated heterocycles. The van der Waals surface area contributed by atoms with Crippen LogP contribution >= 0.6 is 34.8 Å². The highest BCUT2D eigenvalue weighted by Gasteiger charge is 2.28. The summed E-state index contributed by atoms with van der Waals surface area (Å²) in [6.45, 7) is 3.34. The van der Waals surface area contributed by atoms with Crippen LogP contribution in [0.1, 0.15) is 19.7 Å². The molecule has 1 amide bonds. The number of halogens is 5. The van der Waals surface area contributed by atoms with Crippen molar-refractivity contribution >= 4 is 67.3 Å². The van der Waals surface area contributed by atoms with Crippen molar-refractivity contribution in [2.45, 2.75) is 25.2 Å². The number of amides is 1. The van der Waals surface area contributed by atoms with Crippen LogP contribution in [0.3, 0.4) is 0 Å². The minimum absolute atomic E-state index is 0.0220. The second-order valence-electron chi connectivity index (χ2n) is 9.07. The lowest BCUT2D eigenvalue weighted by atomic mass is 9.88. The number of rotatable bonds is 7. The normalized spacial score (nSPS) is 12.1. The number of aromatic nitrogens is 2. The smallest absolute Gasteiger partial charge is 0.264 e. The lowest BCUT2D eigenvalue weighted by Crippen LogP contribution is -2.33. The lowest BCUT2D eigenvalue weighted by molar-refractivity contribution is -0.126. The summed E-state index contributed by atoms with van der Waals surface area (Å²) < 4.78 is 58.6. The summed E-state index contributed by atoms with van der Waals surface area (Å²) in [5, 5.41) is 0.488. The molecule has 0 aliphatic carbocycles. The minimum atomic E-state index is -4.56. The molecule has 0 unspecified atom stereocenters. The number of primary amides is 1. The Balaban J connectivity index is 1.73. The number of anilines is 1. The van der Waals surface area contributed by atoms with Crippen LogP contribution in [0.2, 0.25) is 15.1 Å². The molecule has 0 aliphatic rings. The van der Waals surface area contributed by atoms with E-state index in [-0.39, 0.29) is 32.7 Å². The van der Waals surface area contributed by atoms with Gasteiger partial charge in [-0.15, -0.1) is 0 Å². The molecule has 0 saturated carbocycles. The topological polar surface area (TPSA) is 115 Å². The maximum Gasteiger partial charge on any atom is 0.264 e. The highest BCUT2D eigenvalue weighted by molar-refractivity contribution is 7.92. The molecule has 198 valence electrons. The summed E-state index contributed by atoms with van der Waals surface area (Å²) in [7, 11) is -4.56. The lowest BCUT2D eigenvalue weighted by Gasteiger charge is -2.19. The molecule has 0 atom stereocenters. The molecular formula is C25H19Cl3F2N4O3S. The van der Waals surface area contributed by atoms with Crippen molar-refractivity contribution < 1.29 is 22.0 Å². The molecule has 0 bridgehead atoms. The van der Waals surface area contributed by atoms with E-state index in [2.05, 4.69) is 14.7 Å². The summed E-state index contributed by atoms with van der Waals surface area (Å²) >= 11 is 17.9. The van der Waals surface area contributed by atoms with Gasteiger partial charge in [0.25, 0.3) is 10.0 Å². The third-order valence-corrected chi connectivity index (χ3v) is 8.20. The van der Waals surface area contributed by atoms with Gasteiger partial charge in [0, 0.05) is 18.0 Å². The molecule has 0 aliphatic heterocycles. The first kappa shape index (κ1) is 28.0. The second-order valence-corrected chi connectivity index (χ2v) is 11.9. The summed E-state index contributed by atoms with van der Waals surface area (Å²) in [6.07, 6.45) is 1.64. The van der Waals surface area contributed by atoms with Gasteiger partial charge in [0.15, 0.2) is 5.82 Å². The third kappa shape index (κ3) is 5.54. The summed E-state index contributed by atoms with van der Waals surface area (Å²) in [6, 6.07) is 8.40. The molecule has 3 aromatic carbocycles. The van der Waals surface area contributed by atoms with Crippen LogP contribution in [0.15, 0.2) is 53.6 Å². The molecule has 0 radical (unpaired) electrons. The van der Waals surface area contributed by atoms with E-state index in [1.54, 1.807) is 13.8 Å². The Morgan fingerprint density at radius 3 is 2.39 bits per heavy atom. The number of hydrogen-bond acceptors (Lipinski definition) is 5. The van der Waals surface area contributed by atoms with E-state index in [0.717, 1.165) is 12.1 Å². The van der Waals surface area contributed by atoms with E-state index < -0.39 is 43.4 Å². The van der Waals surface area contributed by atoms with Crippen molar-refractivity contribution in [1.29, 1.82) is 0 Å². The van der Waals surface area contributed by atoms with Gasteiger partial charge >= 0.3 is 0 Å². The van der Waals surface area contributed by atoms with Gasteiger partial charge in [0.05, 0.1) is 37.3 Å². The van der Waals surface area contributed by atoms with Crippen LogP contribution in [0.4, 0.5) is 14.5 Å². The number of nitrogens with one attached hydrogen (secondary N) is 1. The van der Waals surface area contributed by atoms with Gasteiger partial charge in [0.2, 0.25) is 5.91 Å². The monoisotopic (exact) mass is 598 g/mol. The molecular weight excluding hydrogens is 581 g/mol. The summed E-state index contributed by atoms with van der Waals surface area (Å²) in [5.41, 5.74) is 4.37. The Labute approximate surface area is 232 Å². The Morgan fingerprint density at radius 1 is 1.03 bits per heavy atom. The number of nitrogens with zero attached hydrogens (tertiary/aromatic N) is 2. The van der Waals surface area contributed by atoms with Crippen LogP contribution in [-0.2, 0) is 21.2 Å². The molecule has 1 heterocycles. The van der Waals surface area contributed by atoms with Crippen molar-refractivity contribution in [3.8, 4) is 11.1 Å². The second kappa shape index (κ2) is 10.3. The van der Waals surface area contributed by atoms with E-state index in [1.807, 2.05) is 0 Å². The fraction of sp³-hybridized carbons (Fsp3) is 0.160. The van der Waals surface area contributed by atoms with E-state index in [0.29, 0.717) is 16.7 Å². The quantitative estimate of drug-likeness (QED) is 0.239. The largest absolute Gasteiger partial charge is 0.369 e. The Hall–Kier alpha value is -3.05. The predicted octanol–water partition coefficient (Wildman–Crippen LogP) is 6.39.